The van der Waals surface area contributed by atoms with E-state index in [-0.39, 0.29) is 24.2 Å². The maximum atomic E-state index is 12.8. The van der Waals surface area contributed by atoms with Crippen molar-refractivity contribution in [3.8, 4) is 0 Å². The molecule has 2 saturated heterocycles. The van der Waals surface area contributed by atoms with Crippen molar-refractivity contribution in [1.29, 1.82) is 0 Å². The summed E-state index contributed by atoms with van der Waals surface area (Å²) in [5.41, 5.74) is 1.04. The molecule has 0 bridgehead atoms. The molecular formula is C20H21F3N2O5S. The minimum absolute atomic E-state index is 0.0284. The molecule has 0 saturated carbocycles. The normalized spacial score (nSPS) is 22.9. The van der Waals surface area contributed by atoms with Gasteiger partial charge in [-0.25, -0.2) is 4.79 Å². The maximum absolute atomic E-state index is 12.8. The molecule has 4 heterocycles. The molecule has 0 unspecified atom stereocenters. The number of aromatic nitrogens is 1. The van der Waals surface area contributed by atoms with Gasteiger partial charge in [0, 0.05) is 19.0 Å². The van der Waals surface area contributed by atoms with Crippen LogP contribution in [0.4, 0.5) is 13.2 Å². The van der Waals surface area contributed by atoms with E-state index in [1.165, 1.54) is 11.3 Å². The van der Waals surface area contributed by atoms with E-state index in [1.807, 2.05) is 40.7 Å². The van der Waals surface area contributed by atoms with Crippen LogP contribution in [0, 0.1) is 0 Å². The van der Waals surface area contributed by atoms with E-state index in [0.29, 0.717) is 13.2 Å². The number of rotatable bonds is 4. The smallest absolute Gasteiger partial charge is 0.475 e. The third kappa shape index (κ3) is 6.02. The highest BCUT2D eigenvalue weighted by Gasteiger charge is 2.47. The summed E-state index contributed by atoms with van der Waals surface area (Å²) in [5.74, 6) is -2.66. The molecule has 2 aromatic heterocycles. The van der Waals surface area contributed by atoms with E-state index in [4.69, 9.17) is 19.4 Å². The van der Waals surface area contributed by atoms with Crippen molar-refractivity contribution in [3.05, 3.63) is 52.5 Å². The van der Waals surface area contributed by atoms with Crippen LogP contribution in [-0.2, 0) is 20.9 Å². The molecule has 1 N–H and O–H groups in total. The Labute approximate surface area is 180 Å². The van der Waals surface area contributed by atoms with Gasteiger partial charge < -0.3 is 19.5 Å². The number of ether oxygens (including phenoxy) is 2. The first-order valence-corrected chi connectivity index (χ1v) is 10.4. The molecule has 168 valence electrons. The number of amides is 1. The number of halogens is 3. The minimum Gasteiger partial charge on any atom is -0.475 e. The lowest BCUT2D eigenvalue weighted by Gasteiger charge is -2.32. The highest BCUT2D eigenvalue weighted by Crippen LogP contribution is 2.32. The van der Waals surface area contributed by atoms with Gasteiger partial charge in [-0.05, 0) is 35.9 Å². The second kappa shape index (κ2) is 10.2. The first-order chi connectivity index (χ1) is 14.8. The zero-order valence-corrected chi connectivity index (χ0v) is 17.1. The Balaban J connectivity index is 0.000000339. The first kappa shape index (κ1) is 23.2. The van der Waals surface area contributed by atoms with Crippen molar-refractivity contribution < 1.29 is 37.3 Å². The van der Waals surface area contributed by atoms with Gasteiger partial charge in [-0.15, -0.1) is 11.3 Å². The summed E-state index contributed by atoms with van der Waals surface area (Å²) in [6.07, 6.45) is 0.335. The Morgan fingerprint density at radius 2 is 2.10 bits per heavy atom. The first-order valence-electron chi connectivity index (χ1n) is 9.54. The molecule has 11 heteroatoms. The van der Waals surface area contributed by atoms with Crippen molar-refractivity contribution in [2.75, 3.05) is 13.2 Å². The van der Waals surface area contributed by atoms with E-state index in [2.05, 4.69) is 4.98 Å². The molecule has 3 atom stereocenters. The van der Waals surface area contributed by atoms with Crippen LogP contribution in [0.3, 0.4) is 0 Å². The minimum atomic E-state index is -5.08. The summed E-state index contributed by atoms with van der Waals surface area (Å²) in [7, 11) is 0. The second-order valence-electron chi connectivity index (χ2n) is 6.99. The van der Waals surface area contributed by atoms with Crippen LogP contribution in [0.1, 0.15) is 28.1 Å². The third-order valence-corrected chi connectivity index (χ3v) is 5.76. The molecule has 2 fully saturated rings. The van der Waals surface area contributed by atoms with Crippen molar-refractivity contribution in [2.24, 2.45) is 0 Å². The van der Waals surface area contributed by atoms with Crippen LogP contribution in [-0.4, -0.2) is 64.4 Å². The number of hydrogen-bond donors (Lipinski definition) is 1. The number of pyridine rings is 1. The summed E-state index contributed by atoms with van der Waals surface area (Å²) < 4.78 is 43.8. The van der Waals surface area contributed by atoms with Crippen LogP contribution < -0.4 is 0 Å². The number of nitrogens with zero attached hydrogens (tertiary/aromatic N) is 2. The molecule has 0 aliphatic carbocycles. The predicted molar refractivity (Wildman–Crippen MR) is 105 cm³/mol. The highest BCUT2D eigenvalue weighted by molar-refractivity contribution is 7.12. The van der Waals surface area contributed by atoms with Crippen LogP contribution in [0.2, 0.25) is 0 Å². The van der Waals surface area contributed by atoms with Gasteiger partial charge in [0.15, 0.2) is 0 Å². The molecule has 0 aromatic carbocycles. The Bertz CT molecular complexity index is 863. The molecule has 2 aliphatic heterocycles. The van der Waals surface area contributed by atoms with Crippen molar-refractivity contribution >= 4 is 23.2 Å². The van der Waals surface area contributed by atoms with Crippen LogP contribution in [0.15, 0.2) is 42.0 Å². The number of carbonyl (C=O) groups excluding carboxylic acids is 1. The molecule has 4 rings (SSSR count). The molecule has 1 amide bonds. The maximum Gasteiger partial charge on any atom is 0.490 e. The van der Waals surface area contributed by atoms with Crippen molar-refractivity contribution in [1.82, 2.24) is 9.88 Å². The zero-order chi connectivity index (χ0) is 22.4. The van der Waals surface area contributed by atoms with Gasteiger partial charge in [0.1, 0.15) is 12.2 Å². The number of hydrogen-bond acceptors (Lipinski definition) is 6. The largest absolute Gasteiger partial charge is 0.490 e. The van der Waals surface area contributed by atoms with Gasteiger partial charge in [-0.3, -0.25) is 9.78 Å². The lowest BCUT2D eigenvalue weighted by molar-refractivity contribution is -0.192. The summed E-state index contributed by atoms with van der Waals surface area (Å²) >= 11 is 1.49. The second-order valence-corrected chi connectivity index (χ2v) is 7.94. The van der Waals surface area contributed by atoms with Gasteiger partial charge in [-0.1, -0.05) is 12.1 Å². The summed E-state index contributed by atoms with van der Waals surface area (Å²) in [6, 6.07) is 7.82. The average Bonchev–Trinajstić information content (AvgIpc) is 3.41. The lowest BCUT2D eigenvalue weighted by atomic mass is 10.0. The van der Waals surface area contributed by atoms with Crippen LogP contribution in [0.5, 0.6) is 0 Å². The van der Waals surface area contributed by atoms with E-state index in [9.17, 15) is 18.0 Å². The van der Waals surface area contributed by atoms with Crippen molar-refractivity contribution in [3.63, 3.8) is 0 Å². The Hall–Kier alpha value is -2.50. The average molecular weight is 458 g/mol. The van der Waals surface area contributed by atoms with E-state index < -0.39 is 12.1 Å². The van der Waals surface area contributed by atoms with Gasteiger partial charge in [0.2, 0.25) is 0 Å². The number of carbonyl (C=O) groups is 2. The Kier molecular flexibility index (Phi) is 7.63. The molecule has 2 aliphatic rings. The third-order valence-electron chi connectivity index (χ3n) is 4.90. The molecule has 0 spiro atoms. The Morgan fingerprint density at radius 3 is 2.71 bits per heavy atom. The van der Waals surface area contributed by atoms with Crippen molar-refractivity contribution in [2.45, 2.75) is 43.9 Å². The monoisotopic (exact) mass is 458 g/mol. The quantitative estimate of drug-likeness (QED) is 0.756. The number of fused-ring (bicyclic) bond motifs is 1. The summed E-state index contributed by atoms with van der Waals surface area (Å²) in [6.45, 7) is 1.83. The number of thiophene rings is 1. The van der Waals surface area contributed by atoms with Gasteiger partial charge in [0.05, 0.1) is 24.1 Å². The number of aliphatic carboxylic acids is 1. The molecule has 0 radical (unpaired) electrons. The molecular weight excluding hydrogens is 437 g/mol. The van der Waals surface area contributed by atoms with E-state index >= 15 is 0 Å². The molecule has 7 nitrogen and oxygen atoms in total. The fraction of sp³-hybridized carbons (Fsp3) is 0.450. The van der Waals surface area contributed by atoms with Gasteiger partial charge in [0.25, 0.3) is 5.91 Å². The van der Waals surface area contributed by atoms with E-state index in [1.54, 1.807) is 6.20 Å². The number of alkyl halides is 3. The van der Waals surface area contributed by atoms with Crippen LogP contribution in [0.25, 0.3) is 0 Å². The molecule has 31 heavy (non-hydrogen) atoms. The number of likely N-dealkylation sites (tertiary alicyclic amines) is 1. The summed E-state index contributed by atoms with van der Waals surface area (Å²) in [4.78, 5) is 28.5. The van der Waals surface area contributed by atoms with Gasteiger partial charge >= 0.3 is 12.1 Å². The summed E-state index contributed by atoms with van der Waals surface area (Å²) in [5, 5.41) is 9.06. The standard InChI is InChI=1S/C18H20N2O3S.C2HF3O2/c21-18(16-6-3-9-24-16)20-11-15(17-14(20)5-2-8-22-17)23-12-13-4-1-7-19-10-13;3-2(4,5)1(6)7/h1,3-4,6-7,9-10,14-15,17H,2,5,8,11-12H2;(H,6,7)/t14-,15+,17+;/m1./s1. The fourth-order valence-electron chi connectivity index (χ4n) is 3.52. The zero-order valence-electron chi connectivity index (χ0n) is 16.3. The SMILES string of the molecule is O=C(O)C(F)(F)F.O=C(c1cccs1)N1C[C@H](OCc2cccnc2)[C@H]2OCCC[C@H]21. The topological polar surface area (TPSA) is 89.0 Å². The Morgan fingerprint density at radius 1 is 1.32 bits per heavy atom. The fourth-order valence-corrected chi connectivity index (χ4v) is 4.20. The lowest BCUT2D eigenvalue weighted by Crippen LogP contribution is -2.43. The van der Waals surface area contributed by atoms with Gasteiger partial charge in [-0.2, -0.15) is 13.2 Å². The number of carboxylic acid groups (broad SMARTS) is 1. The van der Waals surface area contributed by atoms with E-state index in [0.717, 1.165) is 29.9 Å². The highest BCUT2D eigenvalue weighted by atomic mass is 32.1. The molecule has 2 aromatic rings. The number of carboxylic acids is 1. The predicted octanol–water partition coefficient (Wildman–Crippen LogP) is 3.37. The van der Waals surface area contributed by atoms with Crippen LogP contribution >= 0.6 is 11.3 Å².